The van der Waals surface area contributed by atoms with Crippen molar-refractivity contribution in [2.45, 2.75) is 24.8 Å². The van der Waals surface area contributed by atoms with E-state index in [4.69, 9.17) is 9.47 Å². The maximum Gasteiger partial charge on any atom is 0.123 e. The van der Waals surface area contributed by atoms with E-state index in [-0.39, 0.29) is 6.10 Å². The van der Waals surface area contributed by atoms with Crippen LogP contribution in [-0.2, 0) is 16.5 Å². The molecule has 0 spiro atoms. The van der Waals surface area contributed by atoms with E-state index >= 15 is 0 Å². The Labute approximate surface area is 134 Å². The molecule has 0 amide bonds. The number of fused-ring (bicyclic) bond motifs is 1. The molecule has 1 aliphatic rings. The fourth-order valence-electron chi connectivity index (χ4n) is 2.73. The largest absolute Gasteiger partial charge is 0.490 e. The first-order valence-electron chi connectivity index (χ1n) is 7.25. The number of hydrogen-bond donors (Lipinski definition) is 0. The molecule has 0 aliphatic carbocycles. The van der Waals surface area contributed by atoms with E-state index in [0.29, 0.717) is 6.61 Å². The highest BCUT2D eigenvalue weighted by Gasteiger charge is 2.21. The Bertz CT molecular complexity index is 624. The second kappa shape index (κ2) is 6.63. The molecule has 1 atom stereocenters. The molecule has 110 valence electrons. The molecule has 3 heteroatoms. The van der Waals surface area contributed by atoms with Gasteiger partial charge < -0.3 is 9.47 Å². The van der Waals surface area contributed by atoms with Crippen molar-refractivity contribution < 1.29 is 9.47 Å². The van der Waals surface area contributed by atoms with Crippen molar-refractivity contribution in [1.82, 2.24) is 0 Å². The van der Waals surface area contributed by atoms with Crippen molar-refractivity contribution in [3.63, 3.8) is 0 Å². The predicted molar refractivity (Wildman–Crippen MR) is 88.1 cm³/mol. The van der Waals surface area contributed by atoms with E-state index in [0.717, 1.165) is 24.1 Å². The molecule has 2 aromatic carbocycles. The van der Waals surface area contributed by atoms with Gasteiger partial charge >= 0.3 is 0 Å². The third kappa shape index (κ3) is 3.30. The van der Waals surface area contributed by atoms with Gasteiger partial charge in [0.2, 0.25) is 0 Å². The van der Waals surface area contributed by atoms with Crippen LogP contribution in [0.25, 0.3) is 0 Å². The smallest absolute Gasteiger partial charge is 0.123 e. The lowest BCUT2D eigenvalue weighted by Crippen LogP contribution is -2.21. The number of benzene rings is 2. The lowest BCUT2D eigenvalue weighted by molar-refractivity contribution is 0.0100. The average Bonchev–Trinajstić information content (AvgIpc) is 2.53. The first-order chi connectivity index (χ1) is 10.3. The van der Waals surface area contributed by atoms with E-state index in [2.05, 4.69) is 59.3 Å². The number of aryl methyl sites for hydroxylation is 1. The molecule has 0 saturated heterocycles. The van der Waals surface area contributed by atoms with Crippen LogP contribution < -0.4 is 4.74 Å². The normalized spacial score (nSPS) is 17.3. The predicted octanol–water partition coefficient (Wildman–Crippen LogP) is 4.58. The molecule has 0 radical (unpaired) electrons. The zero-order valence-electron chi connectivity index (χ0n) is 12.1. The average molecular weight is 347 g/mol. The van der Waals surface area contributed by atoms with Crippen molar-refractivity contribution in [1.29, 1.82) is 0 Å². The summed E-state index contributed by atoms with van der Waals surface area (Å²) in [6.07, 6.45) is 1.02. The molecule has 2 aromatic rings. The first kappa shape index (κ1) is 14.6. The molecule has 21 heavy (non-hydrogen) atoms. The standard InChI is InChI=1S/C18H19BrO2/c1-13-6-7-17(15(10-13)11-19)21-12-18-16-5-3-2-4-14(16)8-9-20-18/h2-7,10,18H,8-9,11-12H2,1H3. The summed E-state index contributed by atoms with van der Waals surface area (Å²) in [5.41, 5.74) is 5.06. The topological polar surface area (TPSA) is 18.5 Å². The van der Waals surface area contributed by atoms with Crippen LogP contribution in [0.5, 0.6) is 5.75 Å². The number of rotatable bonds is 4. The Morgan fingerprint density at radius 1 is 1.24 bits per heavy atom. The van der Waals surface area contributed by atoms with Crippen LogP contribution in [0.2, 0.25) is 0 Å². The van der Waals surface area contributed by atoms with Crippen molar-refractivity contribution in [3.05, 3.63) is 64.7 Å². The zero-order valence-corrected chi connectivity index (χ0v) is 13.7. The van der Waals surface area contributed by atoms with Gasteiger partial charge in [-0.25, -0.2) is 0 Å². The minimum atomic E-state index is 0.0272. The van der Waals surface area contributed by atoms with Crippen LogP contribution >= 0.6 is 15.9 Å². The molecule has 0 bridgehead atoms. The Morgan fingerprint density at radius 3 is 2.95 bits per heavy atom. The highest BCUT2D eigenvalue weighted by molar-refractivity contribution is 9.08. The van der Waals surface area contributed by atoms with Crippen LogP contribution in [0.1, 0.15) is 28.4 Å². The van der Waals surface area contributed by atoms with Gasteiger partial charge in [0.1, 0.15) is 18.5 Å². The summed E-state index contributed by atoms with van der Waals surface area (Å²) in [4.78, 5) is 0. The van der Waals surface area contributed by atoms with Crippen molar-refractivity contribution >= 4 is 15.9 Å². The summed E-state index contributed by atoms with van der Waals surface area (Å²) < 4.78 is 11.9. The van der Waals surface area contributed by atoms with Gasteiger partial charge in [0.15, 0.2) is 0 Å². The summed E-state index contributed by atoms with van der Waals surface area (Å²) >= 11 is 3.52. The van der Waals surface area contributed by atoms with E-state index in [1.807, 2.05) is 6.07 Å². The fraction of sp³-hybridized carbons (Fsp3) is 0.333. The van der Waals surface area contributed by atoms with E-state index in [9.17, 15) is 0 Å². The van der Waals surface area contributed by atoms with Gasteiger partial charge in [-0.3, -0.25) is 0 Å². The Balaban J connectivity index is 1.74. The van der Waals surface area contributed by atoms with Crippen LogP contribution in [0.4, 0.5) is 0 Å². The monoisotopic (exact) mass is 346 g/mol. The molecular formula is C18H19BrO2. The van der Waals surface area contributed by atoms with Gasteiger partial charge in [-0.05, 0) is 30.5 Å². The number of hydrogen-bond acceptors (Lipinski definition) is 2. The minimum absolute atomic E-state index is 0.0272. The van der Waals surface area contributed by atoms with Crippen molar-refractivity contribution in [2.75, 3.05) is 13.2 Å². The minimum Gasteiger partial charge on any atom is -0.490 e. The second-order valence-corrected chi connectivity index (χ2v) is 5.92. The van der Waals surface area contributed by atoms with Crippen LogP contribution in [0.15, 0.2) is 42.5 Å². The van der Waals surface area contributed by atoms with Crippen molar-refractivity contribution in [3.8, 4) is 5.75 Å². The lowest BCUT2D eigenvalue weighted by atomic mass is 9.98. The first-order valence-corrected chi connectivity index (χ1v) is 8.38. The number of ether oxygens (including phenoxy) is 2. The summed E-state index contributed by atoms with van der Waals surface area (Å²) in [6.45, 7) is 3.42. The van der Waals surface area contributed by atoms with E-state index < -0.39 is 0 Å². The van der Waals surface area contributed by atoms with Gasteiger partial charge in [-0.2, -0.15) is 0 Å². The van der Waals surface area contributed by atoms with Gasteiger partial charge in [-0.1, -0.05) is 57.9 Å². The zero-order chi connectivity index (χ0) is 14.7. The molecule has 0 N–H and O–H groups in total. The third-order valence-electron chi connectivity index (χ3n) is 3.84. The van der Waals surface area contributed by atoms with Crippen LogP contribution in [0, 0.1) is 6.92 Å². The summed E-state index contributed by atoms with van der Waals surface area (Å²) in [5.74, 6) is 0.934. The molecule has 1 aliphatic heterocycles. The molecule has 0 saturated carbocycles. The Kier molecular flexibility index (Phi) is 4.61. The summed E-state index contributed by atoms with van der Waals surface area (Å²) in [6, 6.07) is 14.8. The molecule has 0 fully saturated rings. The highest BCUT2D eigenvalue weighted by atomic mass is 79.9. The van der Waals surface area contributed by atoms with E-state index in [1.165, 1.54) is 22.3 Å². The molecule has 3 rings (SSSR count). The third-order valence-corrected chi connectivity index (χ3v) is 4.45. The maximum absolute atomic E-state index is 6.02. The quantitative estimate of drug-likeness (QED) is 0.754. The Hall–Kier alpha value is -1.32. The maximum atomic E-state index is 6.02. The van der Waals surface area contributed by atoms with Gasteiger partial charge in [-0.15, -0.1) is 0 Å². The van der Waals surface area contributed by atoms with Crippen LogP contribution in [0.3, 0.4) is 0 Å². The van der Waals surface area contributed by atoms with Gasteiger partial charge in [0, 0.05) is 10.9 Å². The van der Waals surface area contributed by atoms with E-state index in [1.54, 1.807) is 0 Å². The summed E-state index contributed by atoms with van der Waals surface area (Å²) in [5, 5.41) is 0.798. The Morgan fingerprint density at radius 2 is 2.10 bits per heavy atom. The number of alkyl halides is 1. The summed E-state index contributed by atoms with van der Waals surface area (Å²) in [7, 11) is 0. The fourth-order valence-corrected chi connectivity index (χ4v) is 3.17. The SMILES string of the molecule is Cc1ccc(OCC2OCCc3ccccc32)c(CBr)c1. The molecule has 0 aromatic heterocycles. The lowest BCUT2D eigenvalue weighted by Gasteiger charge is -2.26. The second-order valence-electron chi connectivity index (χ2n) is 5.36. The van der Waals surface area contributed by atoms with Gasteiger partial charge in [0.25, 0.3) is 0 Å². The van der Waals surface area contributed by atoms with Crippen LogP contribution in [-0.4, -0.2) is 13.2 Å². The molecule has 1 heterocycles. The molecule has 1 unspecified atom stereocenters. The van der Waals surface area contributed by atoms with Crippen molar-refractivity contribution in [2.24, 2.45) is 0 Å². The molecular weight excluding hydrogens is 328 g/mol. The number of halogens is 1. The highest BCUT2D eigenvalue weighted by Crippen LogP contribution is 2.29. The van der Waals surface area contributed by atoms with Gasteiger partial charge in [0.05, 0.1) is 6.61 Å². The molecule has 2 nitrogen and oxygen atoms in total.